The standard InChI is InChI=1S/C21H22N2O2/c1-14(24)22-12-11-17-8-7-16-9-10-18-21(20(16)17)25-19(23-18)13-15-5-3-2-4-6-15/h2-6,9-10,17H,7-8,11-13H2,1H3,(H,22,24). The van der Waals surface area contributed by atoms with Crippen LogP contribution >= 0.6 is 0 Å². The van der Waals surface area contributed by atoms with Gasteiger partial charge in [0.05, 0.1) is 0 Å². The van der Waals surface area contributed by atoms with Crippen LogP contribution < -0.4 is 5.32 Å². The first-order chi connectivity index (χ1) is 12.2. The van der Waals surface area contributed by atoms with Crippen molar-refractivity contribution in [2.75, 3.05) is 6.54 Å². The number of aromatic nitrogens is 1. The second-order valence-electron chi connectivity index (χ2n) is 6.76. The maximum absolute atomic E-state index is 11.1. The Morgan fingerprint density at radius 3 is 2.88 bits per heavy atom. The van der Waals surface area contributed by atoms with Crippen LogP contribution in [0.2, 0.25) is 0 Å². The lowest BCUT2D eigenvalue weighted by Gasteiger charge is -2.11. The molecule has 1 aliphatic rings. The molecule has 0 saturated heterocycles. The lowest BCUT2D eigenvalue weighted by Crippen LogP contribution is -2.22. The van der Waals surface area contributed by atoms with Gasteiger partial charge in [0.2, 0.25) is 5.91 Å². The number of fused-ring (bicyclic) bond motifs is 3. The van der Waals surface area contributed by atoms with Crippen molar-refractivity contribution in [3.05, 3.63) is 65.0 Å². The van der Waals surface area contributed by atoms with E-state index in [1.807, 2.05) is 18.2 Å². The Kier molecular flexibility index (Phi) is 4.26. The second kappa shape index (κ2) is 6.71. The van der Waals surface area contributed by atoms with Gasteiger partial charge >= 0.3 is 0 Å². The third kappa shape index (κ3) is 3.29. The van der Waals surface area contributed by atoms with E-state index in [1.54, 1.807) is 6.92 Å². The van der Waals surface area contributed by atoms with E-state index in [2.05, 4.69) is 29.6 Å². The summed E-state index contributed by atoms with van der Waals surface area (Å²) in [6.45, 7) is 2.27. The van der Waals surface area contributed by atoms with Gasteiger partial charge in [-0.15, -0.1) is 0 Å². The molecule has 0 bridgehead atoms. The van der Waals surface area contributed by atoms with Gasteiger partial charge in [-0.3, -0.25) is 4.79 Å². The highest BCUT2D eigenvalue weighted by Gasteiger charge is 2.27. The zero-order chi connectivity index (χ0) is 17.2. The Morgan fingerprint density at radius 2 is 2.08 bits per heavy atom. The molecule has 0 fully saturated rings. The molecule has 2 aromatic carbocycles. The Labute approximate surface area is 147 Å². The van der Waals surface area contributed by atoms with Crippen LogP contribution in [0.4, 0.5) is 0 Å². The number of benzene rings is 2. The normalized spacial score (nSPS) is 16.1. The molecule has 1 N–H and O–H groups in total. The average Bonchev–Trinajstić information content (AvgIpc) is 3.18. The Balaban J connectivity index is 1.61. The molecule has 0 saturated carbocycles. The number of carbonyl (C=O) groups excluding carboxylic acids is 1. The molecule has 3 aromatic rings. The second-order valence-corrected chi connectivity index (χ2v) is 6.76. The lowest BCUT2D eigenvalue weighted by atomic mass is 9.97. The molecule has 1 amide bonds. The van der Waals surface area contributed by atoms with E-state index in [9.17, 15) is 4.79 Å². The van der Waals surface area contributed by atoms with Crippen molar-refractivity contribution in [2.45, 2.75) is 38.5 Å². The van der Waals surface area contributed by atoms with Crippen molar-refractivity contribution in [1.82, 2.24) is 10.3 Å². The highest BCUT2D eigenvalue weighted by atomic mass is 16.3. The Bertz CT molecular complexity index is 899. The predicted molar refractivity (Wildman–Crippen MR) is 97.6 cm³/mol. The monoisotopic (exact) mass is 334 g/mol. The van der Waals surface area contributed by atoms with Crippen molar-refractivity contribution in [3.8, 4) is 0 Å². The van der Waals surface area contributed by atoms with Crippen molar-refractivity contribution in [1.29, 1.82) is 0 Å². The maximum Gasteiger partial charge on any atom is 0.216 e. The zero-order valence-electron chi connectivity index (χ0n) is 14.4. The van der Waals surface area contributed by atoms with Gasteiger partial charge in [0, 0.05) is 25.5 Å². The quantitative estimate of drug-likeness (QED) is 0.768. The van der Waals surface area contributed by atoms with Crippen LogP contribution in [0.25, 0.3) is 11.1 Å². The molecular formula is C21H22N2O2. The van der Waals surface area contributed by atoms with Gasteiger partial charge < -0.3 is 9.73 Å². The van der Waals surface area contributed by atoms with Gasteiger partial charge in [0.1, 0.15) is 5.52 Å². The molecule has 4 rings (SSSR count). The van der Waals surface area contributed by atoms with Crippen LogP contribution in [-0.4, -0.2) is 17.4 Å². The first-order valence-electron chi connectivity index (χ1n) is 8.90. The van der Waals surface area contributed by atoms with E-state index in [0.717, 1.165) is 36.3 Å². The first kappa shape index (κ1) is 15.9. The number of aryl methyl sites for hydroxylation is 1. The molecule has 25 heavy (non-hydrogen) atoms. The Morgan fingerprint density at radius 1 is 1.24 bits per heavy atom. The summed E-state index contributed by atoms with van der Waals surface area (Å²) in [6, 6.07) is 14.5. The summed E-state index contributed by atoms with van der Waals surface area (Å²) in [5.74, 6) is 1.23. The number of hydrogen-bond acceptors (Lipinski definition) is 3. The molecule has 128 valence electrons. The largest absolute Gasteiger partial charge is 0.440 e. The predicted octanol–water partition coefficient (Wildman–Crippen LogP) is 3.97. The van der Waals surface area contributed by atoms with Crippen LogP contribution in [0, 0.1) is 0 Å². The van der Waals surface area contributed by atoms with E-state index < -0.39 is 0 Å². The minimum atomic E-state index is 0.0289. The molecule has 0 spiro atoms. The fourth-order valence-corrected chi connectivity index (χ4v) is 3.80. The summed E-state index contributed by atoms with van der Waals surface area (Å²) in [4.78, 5) is 15.8. The maximum atomic E-state index is 11.1. The van der Waals surface area contributed by atoms with E-state index in [0.29, 0.717) is 18.9 Å². The molecule has 1 atom stereocenters. The van der Waals surface area contributed by atoms with Crippen molar-refractivity contribution < 1.29 is 9.21 Å². The van der Waals surface area contributed by atoms with Crippen LogP contribution in [0.15, 0.2) is 46.9 Å². The fourth-order valence-electron chi connectivity index (χ4n) is 3.80. The third-order valence-electron chi connectivity index (χ3n) is 4.97. The zero-order valence-corrected chi connectivity index (χ0v) is 14.4. The summed E-state index contributed by atoms with van der Waals surface area (Å²) in [5.41, 5.74) is 5.75. The summed E-state index contributed by atoms with van der Waals surface area (Å²) in [7, 11) is 0. The number of nitrogens with one attached hydrogen (secondary N) is 1. The minimum absolute atomic E-state index is 0.0289. The van der Waals surface area contributed by atoms with Crippen LogP contribution in [0.1, 0.15) is 48.3 Å². The van der Waals surface area contributed by atoms with Crippen LogP contribution in [0.5, 0.6) is 0 Å². The topological polar surface area (TPSA) is 55.1 Å². The molecule has 4 nitrogen and oxygen atoms in total. The van der Waals surface area contributed by atoms with E-state index in [1.165, 1.54) is 16.7 Å². The smallest absolute Gasteiger partial charge is 0.216 e. The molecule has 1 aromatic heterocycles. The number of nitrogens with zero attached hydrogens (tertiary/aromatic N) is 1. The van der Waals surface area contributed by atoms with E-state index >= 15 is 0 Å². The molecule has 1 heterocycles. The van der Waals surface area contributed by atoms with Gasteiger partial charge in [-0.1, -0.05) is 36.4 Å². The van der Waals surface area contributed by atoms with Gasteiger partial charge in [0.15, 0.2) is 11.5 Å². The number of hydrogen-bond donors (Lipinski definition) is 1. The lowest BCUT2D eigenvalue weighted by molar-refractivity contribution is -0.118. The van der Waals surface area contributed by atoms with Crippen molar-refractivity contribution >= 4 is 17.0 Å². The molecule has 0 radical (unpaired) electrons. The number of amides is 1. The molecule has 1 unspecified atom stereocenters. The molecule has 0 aliphatic heterocycles. The highest BCUT2D eigenvalue weighted by Crippen LogP contribution is 2.40. The highest BCUT2D eigenvalue weighted by molar-refractivity contribution is 5.79. The van der Waals surface area contributed by atoms with Gasteiger partial charge in [-0.2, -0.15) is 0 Å². The summed E-state index contributed by atoms with van der Waals surface area (Å²) in [5, 5.41) is 2.90. The van der Waals surface area contributed by atoms with Crippen molar-refractivity contribution in [3.63, 3.8) is 0 Å². The molecular weight excluding hydrogens is 312 g/mol. The summed E-state index contributed by atoms with van der Waals surface area (Å²) in [6.07, 6.45) is 3.84. The summed E-state index contributed by atoms with van der Waals surface area (Å²) >= 11 is 0. The molecule has 4 heteroatoms. The van der Waals surface area contributed by atoms with Crippen molar-refractivity contribution in [2.24, 2.45) is 0 Å². The number of rotatable bonds is 5. The summed E-state index contributed by atoms with van der Waals surface area (Å²) < 4.78 is 6.17. The van der Waals surface area contributed by atoms with Gasteiger partial charge in [-0.05, 0) is 42.4 Å². The van der Waals surface area contributed by atoms with E-state index in [4.69, 9.17) is 9.40 Å². The van der Waals surface area contributed by atoms with Gasteiger partial charge in [-0.25, -0.2) is 4.98 Å². The SMILES string of the molecule is CC(=O)NCCC1CCc2ccc3nc(Cc4ccccc4)oc3c21. The Hall–Kier alpha value is -2.62. The van der Waals surface area contributed by atoms with Crippen LogP contribution in [0.3, 0.4) is 0 Å². The first-order valence-corrected chi connectivity index (χ1v) is 8.90. The third-order valence-corrected chi connectivity index (χ3v) is 4.97. The van der Waals surface area contributed by atoms with Gasteiger partial charge in [0.25, 0.3) is 0 Å². The van der Waals surface area contributed by atoms with Crippen LogP contribution in [-0.2, 0) is 17.6 Å². The number of oxazole rings is 1. The minimum Gasteiger partial charge on any atom is -0.440 e. The number of carbonyl (C=O) groups is 1. The fraction of sp³-hybridized carbons (Fsp3) is 0.333. The average molecular weight is 334 g/mol. The van der Waals surface area contributed by atoms with E-state index in [-0.39, 0.29) is 5.91 Å². The molecule has 1 aliphatic carbocycles.